The fourth-order valence-corrected chi connectivity index (χ4v) is 6.05. The first-order valence-electron chi connectivity index (χ1n) is 16.1. The van der Waals surface area contributed by atoms with Crippen molar-refractivity contribution >= 4 is 25.2 Å². The van der Waals surface area contributed by atoms with Gasteiger partial charge < -0.3 is 28.1 Å². The van der Waals surface area contributed by atoms with E-state index in [1.165, 1.54) is 5.56 Å². The molecule has 46 heavy (non-hydrogen) atoms. The molecule has 238 valence electrons. The van der Waals surface area contributed by atoms with Gasteiger partial charge in [-0.2, -0.15) is 0 Å². The van der Waals surface area contributed by atoms with Crippen molar-refractivity contribution in [3.63, 3.8) is 0 Å². The van der Waals surface area contributed by atoms with Crippen LogP contribution < -0.4 is 20.4 Å². The Morgan fingerprint density at radius 2 is 0.913 bits per heavy atom. The molecule has 0 aromatic heterocycles. The molecule has 2 aliphatic rings. The molecule has 4 aromatic rings. The van der Waals surface area contributed by atoms with Gasteiger partial charge in [0.1, 0.15) is 24.7 Å². The molecule has 0 amide bonds. The Morgan fingerprint density at radius 3 is 1.35 bits per heavy atom. The van der Waals surface area contributed by atoms with E-state index in [-0.39, 0.29) is 0 Å². The van der Waals surface area contributed by atoms with E-state index in [9.17, 15) is 0 Å². The third kappa shape index (κ3) is 6.77. The monoisotopic (exact) mass is 618 g/mol. The third-order valence-corrected chi connectivity index (χ3v) is 9.84. The highest BCUT2D eigenvalue weighted by Gasteiger charge is 2.62. The van der Waals surface area contributed by atoms with E-state index in [1.807, 2.05) is 66.7 Å². The van der Waals surface area contributed by atoms with Crippen LogP contribution in [-0.4, -0.2) is 36.6 Å². The summed E-state index contributed by atoms with van der Waals surface area (Å²) < 4.78 is 38.6. The van der Waals surface area contributed by atoms with Gasteiger partial charge in [0.05, 0.1) is 22.4 Å². The summed E-state index contributed by atoms with van der Waals surface area (Å²) in [5.74, 6) is 1.60. The molecule has 8 heteroatoms. The zero-order chi connectivity index (χ0) is 32.6. The highest BCUT2D eigenvalue weighted by atomic mass is 16.7. The van der Waals surface area contributed by atoms with E-state index >= 15 is 0 Å². The lowest BCUT2D eigenvalue weighted by atomic mass is 9.73. The normalized spacial score (nSPS) is 23.5. The summed E-state index contributed by atoms with van der Waals surface area (Å²) in [6, 6.07) is 34.5. The van der Waals surface area contributed by atoms with Gasteiger partial charge in [-0.1, -0.05) is 84.4 Å². The van der Waals surface area contributed by atoms with Crippen LogP contribution in [0.1, 0.15) is 64.7 Å². The van der Waals surface area contributed by atoms with Crippen molar-refractivity contribution < 1.29 is 28.1 Å². The van der Waals surface area contributed by atoms with Crippen molar-refractivity contribution in [1.29, 1.82) is 0 Å². The van der Waals surface area contributed by atoms with E-state index in [0.29, 0.717) is 19.6 Å². The minimum absolute atomic E-state index is 0.513. The second kappa shape index (κ2) is 12.6. The van der Waals surface area contributed by atoms with Crippen LogP contribution in [0.15, 0.2) is 103 Å². The average molecular weight is 618 g/mol. The van der Waals surface area contributed by atoms with Crippen molar-refractivity contribution in [2.45, 2.75) is 90.5 Å². The van der Waals surface area contributed by atoms with E-state index in [1.54, 1.807) is 0 Å². The predicted octanol–water partition coefficient (Wildman–Crippen LogP) is 6.80. The molecule has 2 atom stereocenters. The van der Waals surface area contributed by atoms with Gasteiger partial charge in [-0.05, 0) is 94.8 Å². The lowest BCUT2D eigenvalue weighted by Crippen LogP contribution is -2.55. The molecule has 2 aliphatic heterocycles. The Balaban J connectivity index is 1.10. The highest BCUT2D eigenvalue weighted by Crippen LogP contribution is 2.49. The number of benzene rings is 4. The molecule has 2 saturated heterocycles. The second-order valence-electron chi connectivity index (χ2n) is 14.0. The summed E-state index contributed by atoms with van der Waals surface area (Å²) in [6.07, 6.45) is 0.572. The van der Waals surface area contributed by atoms with Crippen molar-refractivity contribution in [2.24, 2.45) is 0 Å². The summed E-state index contributed by atoms with van der Waals surface area (Å²) in [5.41, 5.74) is 2.90. The Bertz CT molecular complexity index is 1610. The summed E-state index contributed by atoms with van der Waals surface area (Å²) in [4.78, 5) is 0. The Morgan fingerprint density at radius 1 is 0.500 bits per heavy atom. The van der Waals surface area contributed by atoms with Crippen LogP contribution in [-0.2, 0) is 31.8 Å². The smallest absolute Gasteiger partial charge is 0.489 e. The lowest BCUT2D eigenvalue weighted by molar-refractivity contribution is -0.0967. The quantitative estimate of drug-likeness (QED) is 0.182. The highest BCUT2D eigenvalue weighted by molar-refractivity contribution is 6.62. The Labute approximate surface area is 274 Å². The molecule has 6 nitrogen and oxygen atoms in total. The summed E-state index contributed by atoms with van der Waals surface area (Å²) in [7, 11) is -1.03. The third-order valence-electron chi connectivity index (χ3n) is 9.84. The standard InChI is InChI=1S/C38H44B2O6/c1-28-13-15-30(16-14-28)26-42-34-23-19-32(20-24-34)40-44-36(4,5)38(7,46-40)27-37(6)35(2,3)43-39(45-37)31-17-21-33(22-18-31)41-25-29-11-9-8-10-12-29/h8-24H,25-27H2,1-7H3. The maximum atomic E-state index is 6.76. The maximum Gasteiger partial charge on any atom is 0.494 e. The van der Waals surface area contributed by atoms with Crippen molar-refractivity contribution in [3.05, 3.63) is 120 Å². The van der Waals surface area contributed by atoms with Crippen LogP contribution in [0.2, 0.25) is 0 Å². The minimum atomic E-state index is -0.655. The van der Waals surface area contributed by atoms with Crippen molar-refractivity contribution in [3.8, 4) is 11.5 Å². The van der Waals surface area contributed by atoms with Crippen LogP contribution in [0.3, 0.4) is 0 Å². The second-order valence-corrected chi connectivity index (χ2v) is 14.0. The molecule has 0 saturated carbocycles. The molecule has 0 bridgehead atoms. The fourth-order valence-electron chi connectivity index (χ4n) is 6.05. The molecule has 2 unspecified atom stereocenters. The van der Waals surface area contributed by atoms with Gasteiger partial charge in [0.15, 0.2) is 0 Å². The molecule has 0 spiro atoms. The summed E-state index contributed by atoms with van der Waals surface area (Å²) in [6.45, 7) is 15.7. The topological polar surface area (TPSA) is 55.4 Å². The molecule has 2 heterocycles. The summed E-state index contributed by atoms with van der Waals surface area (Å²) in [5, 5.41) is 0. The van der Waals surface area contributed by atoms with Gasteiger partial charge in [0, 0.05) is 6.42 Å². The van der Waals surface area contributed by atoms with Crippen LogP contribution in [0, 0.1) is 6.92 Å². The van der Waals surface area contributed by atoms with Gasteiger partial charge in [-0.15, -0.1) is 0 Å². The minimum Gasteiger partial charge on any atom is -0.489 e. The molecule has 0 N–H and O–H groups in total. The number of hydrogen-bond acceptors (Lipinski definition) is 6. The number of hydrogen-bond donors (Lipinski definition) is 0. The first kappa shape index (κ1) is 32.4. The lowest BCUT2D eigenvalue weighted by Gasteiger charge is -2.45. The largest absolute Gasteiger partial charge is 0.494 e. The van der Waals surface area contributed by atoms with Crippen LogP contribution in [0.4, 0.5) is 0 Å². The SMILES string of the molecule is Cc1ccc(COc2ccc(B3OC(C)(C)C(C)(CC4(C)OB(c5ccc(OCc6ccccc6)cc5)OC4(C)C)O3)cc2)cc1. The number of ether oxygens (including phenoxy) is 2. The number of aryl methyl sites for hydroxylation is 1. The van der Waals surface area contributed by atoms with E-state index in [2.05, 4.69) is 84.9 Å². The molecule has 2 fully saturated rings. The Kier molecular flexibility index (Phi) is 8.85. The maximum absolute atomic E-state index is 6.76. The number of rotatable bonds is 10. The first-order chi connectivity index (χ1) is 21.8. The zero-order valence-electron chi connectivity index (χ0n) is 28.0. The predicted molar refractivity (Wildman–Crippen MR) is 184 cm³/mol. The average Bonchev–Trinajstić information content (AvgIpc) is 3.42. The molecule has 4 aromatic carbocycles. The van der Waals surface area contributed by atoms with Gasteiger partial charge in [0.2, 0.25) is 0 Å². The fraction of sp³-hybridized carbons (Fsp3) is 0.368. The van der Waals surface area contributed by atoms with Crippen molar-refractivity contribution in [2.75, 3.05) is 0 Å². The van der Waals surface area contributed by atoms with Gasteiger partial charge in [-0.3, -0.25) is 0 Å². The molecule has 6 rings (SSSR count). The first-order valence-corrected chi connectivity index (χ1v) is 16.1. The zero-order valence-corrected chi connectivity index (χ0v) is 28.0. The van der Waals surface area contributed by atoms with Gasteiger partial charge in [-0.25, -0.2) is 0 Å². The van der Waals surface area contributed by atoms with Crippen LogP contribution in [0.25, 0.3) is 0 Å². The summed E-state index contributed by atoms with van der Waals surface area (Å²) >= 11 is 0. The molecular formula is C38H44B2O6. The van der Waals surface area contributed by atoms with E-state index < -0.39 is 36.6 Å². The Hall–Kier alpha value is -3.55. The molecule has 0 aliphatic carbocycles. The van der Waals surface area contributed by atoms with Gasteiger partial charge in [0.25, 0.3) is 0 Å². The van der Waals surface area contributed by atoms with Gasteiger partial charge >= 0.3 is 14.2 Å². The van der Waals surface area contributed by atoms with E-state index in [0.717, 1.165) is 33.6 Å². The molecule has 0 radical (unpaired) electrons. The van der Waals surface area contributed by atoms with Crippen LogP contribution >= 0.6 is 0 Å². The molecular weight excluding hydrogens is 574 g/mol. The van der Waals surface area contributed by atoms with E-state index in [4.69, 9.17) is 28.1 Å². The van der Waals surface area contributed by atoms with Crippen LogP contribution in [0.5, 0.6) is 11.5 Å². The van der Waals surface area contributed by atoms with Crippen molar-refractivity contribution in [1.82, 2.24) is 0 Å².